The van der Waals surface area contributed by atoms with E-state index in [1.807, 2.05) is 0 Å². The van der Waals surface area contributed by atoms with Gasteiger partial charge in [0.1, 0.15) is 5.82 Å². The lowest BCUT2D eigenvalue weighted by Gasteiger charge is -2.04. The molecule has 1 rings (SSSR count). The lowest BCUT2D eigenvalue weighted by atomic mass is 10.4. The molecular weight excluding hydrogens is 246 g/mol. The lowest BCUT2D eigenvalue weighted by molar-refractivity contribution is -0.384. The largest absolute Gasteiger partial charge is 0.369 e. The van der Waals surface area contributed by atoms with Gasteiger partial charge in [0.2, 0.25) is 0 Å². The Kier molecular flexibility index (Phi) is 4.38. The summed E-state index contributed by atoms with van der Waals surface area (Å²) in [6, 6.07) is 2.53. The van der Waals surface area contributed by atoms with E-state index in [-0.39, 0.29) is 23.7 Å². The average Bonchev–Trinajstić information content (AvgIpc) is 2.29. The number of sulfone groups is 1. The van der Waals surface area contributed by atoms with Crippen LogP contribution in [0.5, 0.6) is 0 Å². The zero-order valence-electron chi connectivity index (χ0n) is 9.29. The van der Waals surface area contributed by atoms with Crippen LogP contribution in [0.3, 0.4) is 0 Å². The van der Waals surface area contributed by atoms with Gasteiger partial charge in [-0.1, -0.05) is 6.92 Å². The van der Waals surface area contributed by atoms with E-state index in [1.54, 1.807) is 6.92 Å². The molecule has 1 aromatic heterocycles. The molecule has 0 radical (unpaired) electrons. The quantitative estimate of drug-likeness (QED) is 0.599. The highest BCUT2D eigenvalue weighted by Gasteiger charge is 2.09. The van der Waals surface area contributed by atoms with Crippen molar-refractivity contribution < 1.29 is 13.3 Å². The molecule has 0 amide bonds. The lowest BCUT2D eigenvalue weighted by Crippen LogP contribution is -2.17. The molecule has 0 bridgehead atoms. The molecule has 1 N–H and O–H groups in total. The molecule has 1 heterocycles. The number of aromatic nitrogens is 1. The monoisotopic (exact) mass is 259 g/mol. The van der Waals surface area contributed by atoms with Gasteiger partial charge in [0, 0.05) is 24.6 Å². The van der Waals surface area contributed by atoms with Gasteiger partial charge in [-0.2, -0.15) is 0 Å². The Labute approximate surface area is 98.9 Å². The average molecular weight is 259 g/mol. The van der Waals surface area contributed by atoms with E-state index in [1.165, 1.54) is 18.3 Å². The Morgan fingerprint density at radius 2 is 2.24 bits per heavy atom. The summed E-state index contributed by atoms with van der Waals surface area (Å²) in [5, 5.41) is 13.2. The summed E-state index contributed by atoms with van der Waals surface area (Å²) >= 11 is 0. The molecule has 0 saturated carbocycles. The molecule has 0 aliphatic heterocycles. The third-order valence-electron chi connectivity index (χ3n) is 2.11. The molecule has 7 nitrogen and oxygen atoms in total. The van der Waals surface area contributed by atoms with Gasteiger partial charge in [-0.25, -0.2) is 13.4 Å². The highest BCUT2D eigenvalue weighted by atomic mass is 32.2. The van der Waals surface area contributed by atoms with E-state index in [0.717, 1.165) is 0 Å². The predicted octanol–water partition coefficient (Wildman–Crippen LogP) is 0.836. The first-order valence-corrected chi connectivity index (χ1v) is 6.81. The molecule has 0 spiro atoms. The second-order valence-electron chi connectivity index (χ2n) is 3.32. The summed E-state index contributed by atoms with van der Waals surface area (Å²) in [6.45, 7) is 1.76. The molecule has 0 aromatic carbocycles. The number of nitro groups is 1. The van der Waals surface area contributed by atoms with Crippen molar-refractivity contribution >= 4 is 21.3 Å². The fourth-order valence-electron chi connectivity index (χ4n) is 1.11. The van der Waals surface area contributed by atoms with Crippen LogP contribution in [0, 0.1) is 10.1 Å². The van der Waals surface area contributed by atoms with Crippen LogP contribution in [0.15, 0.2) is 18.3 Å². The number of hydrogen-bond acceptors (Lipinski definition) is 6. The number of nitrogens with zero attached hydrogens (tertiary/aromatic N) is 2. The molecule has 1 aromatic rings. The first-order valence-electron chi connectivity index (χ1n) is 4.99. The molecule has 0 atom stereocenters. The standard InChI is InChI=1S/C9H13N3O4S/c1-2-17(15,16)6-5-11-9-7-8(12(13)14)3-4-10-9/h3-4,7H,2,5-6H2,1H3,(H,10,11). The van der Waals surface area contributed by atoms with Crippen molar-refractivity contribution in [1.29, 1.82) is 0 Å². The number of pyridine rings is 1. The molecule has 0 unspecified atom stereocenters. The summed E-state index contributed by atoms with van der Waals surface area (Å²) in [4.78, 5) is 13.8. The van der Waals surface area contributed by atoms with Crippen LogP contribution in [-0.4, -0.2) is 36.4 Å². The van der Waals surface area contributed by atoms with Crippen LogP contribution in [0.1, 0.15) is 6.92 Å². The van der Waals surface area contributed by atoms with Gasteiger partial charge >= 0.3 is 0 Å². The molecule has 0 fully saturated rings. The molecule has 0 aliphatic rings. The van der Waals surface area contributed by atoms with Crippen LogP contribution in [-0.2, 0) is 9.84 Å². The van der Waals surface area contributed by atoms with Gasteiger partial charge in [-0.3, -0.25) is 10.1 Å². The van der Waals surface area contributed by atoms with Crippen LogP contribution in [0.2, 0.25) is 0 Å². The minimum atomic E-state index is -3.04. The van der Waals surface area contributed by atoms with Crippen LogP contribution in [0.4, 0.5) is 11.5 Å². The fourth-order valence-corrected chi connectivity index (χ4v) is 1.81. The zero-order chi connectivity index (χ0) is 12.9. The third-order valence-corrected chi connectivity index (χ3v) is 3.82. The van der Waals surface area contributed by atoms with Crippen molar-refractivity contribution in [3.8, 4) is 0 Å². The smallest absolute Gasteiger partial charge is 0.274 e. The van der Waals surface area contributed by atoms with E-state index in [9.17, 15) is 18.5 Å². The fraction of sp³-hybridized carbons (Fsp3) is 0.444. The second-order valence-corrected chi connectivity index (χ2v) is 5.79. The molecule has 94 valence electrons. The minimum Gasteiger partial charge on any atom is -0.369 e. The predicted molar refractivity (Wildman–Crippen MR) is 63.7 cm³/mol. The Morgan fingerprint density at radius 3 is 2.82 bits per heavy atom. The number of anilines is 1. The van der Waals surface area contributed by atoms with Crippen LogP contribution >= 0.6 is 0 Å². The van der Waals surface area contributed by atoms with Crippen molar-refractivity contribution in [2.75, 3.05) is 23.4 Å². The Hall–Kier alpha value is -1.70. The number of nitrogens with one attached hydrogen (secondary N) is 1. The topological polar surface area (TPSA) is 102 Å². The van der Waals surface area contributed by atoms with Crippen LogP contribution < -0.4 is 5.32 Å². The van der Waals surface area contributed by atoms with Crippen molar-refractivity contribution in [2.24, 2.45) is 0 Å². The van der Waals surface area contributed by atoms with Gasteiger partial charge in [0.05, 0.1) is 16.7 Å². The SMILES string of the molecule is CCS(=O)(=O)CCNc1cc([N+](=O)[O-])ccn1. The van der Waals surface area contributed by atoms with Crippen molar-refractivity contribution in [3.63, 3.8) is 0 Å². The van der Waals surface area contributed by atoms with Gasteiger partial charge in [-0.05, 0) is 0 Å². The van der Waals surface area contributed by atoms with Gasteiger partial charge in [0.15, 0.2) is 9.84 Å². The van der Waals surface area contributed by atoms with Gasteiger partial charge < -0.3 is 5.32 Å². The first-order chi connectivity index (χ1) is 7.94. The zero-order valence-corrected chi connectivity index (χ0v) is 10.1. The summed E-state index contributed by atoms with van der Waals surface area (Å²) in [5.41, 5.74) is -0.0825. The summed E-state index contributed by atoms with van der Waals surface area (Å²) in [5.74, 6) is 0.357. The number of rotatable bonds is 6. The summed E-state index contributed by atoms with van der Waals surface area (Å²) < 4.78 is 22.4. The second kappa shape index (κ2) is 5.58. The first kappa shape index (κ1) is 13.4. The number of hydrogen-bond donors (Lipinski definition) is 1. The molecule has 0 saturated heterocycles. The maximum atomic E-state index is 11.2. The van der Waals surface area contributed by atoms with E-state index >= 15 is 0 Å². The Morgan fingerprint density at radius 1 is 1.53 bits per heavy atom. The normalized spacial score (nSPS) is 11.1. The summed E-state index contributed by atoms with van der Waals surface area (Å²) in [7, 11) is -3.04. The van der Waals surface area contributed by atoms with E-state index in [0.29, 0.717) is 5.82 Å². The highest BCUT2D eigenvalue weighted by Crippen LogP contribution is 2.13. The van der Waals surface area contributed by atoms with Crippen molar-refractivity contribution in [1.82, 2.24) is 4.98 Å². The highest BCUT2D eigenvalue weighted by molar-refractivity contribution is 7.91. The van der Waals surface area contributed by atoms with E-state index < -0.39 is 14.8 Å². The van der Waals surface area contributed by atoms with Crippen LogP contribution in [0.25, 0.3) is 0 Å². The molecular formula is C9H13N3O4S. The summed E-state index contributed by atoms with van der Waals surface area (Å²) in [6.07, 6.45) is 1.30. The molecule has 0 aliphatic carbocycles. The van der Waals surface area contributed by atoms with Crippen molar-refractivity contribution in [3.05, 3.63) is 28.4 Å². The maximum Gasteiger partial charge on any atom is 0.274 e. The van der Waals surface area contributed by atoms with Gasteiger partial charge in [-0.15, -0.1) is 0 Å². The minimum absolute atomic E-state index is 0.0200. The third kappa shape index (κ3) is 4.35. The molecule has 8 heteroatoms. The Bertz CT molecular complexity index is 501. The Balaban J connectivity index is 2.58. The van der Waals surface area contributed by atoms with E-state index in [4.69, 9.17) is 0 Å². The van der Waals surface area contributed by atoms with Gasteiger partial charge in [0.25, 0.3) is 5.69 Å². The van der Waals surface area contributed by atoms with Crippen molar-refractivity contribution in [2.45, 2.75) is 6.92 Å². The van der Waals surface area contributed by atoms with E-state index in [2.05, 4.69) is 10.3 Å². The molecule has 17 heavy (non-hydrogen) atoms. The maximum absolute atomic E-state index is 11.2.